The second-order valence-electron chi connectivity index (χ2n) is 5.61. The Morgan fingerprint density at radius 2 is 1.88 bits per heavy atom. The van der Waals surface area contributed by atoms with Crippen molar-refractivity contribution in [3.63, 3.8) is 0 Å². The number of carbonyl (C=O) groups is 2. The first-order chi connectivity index (χ1) is 12.1. The van der Waals surface area contributed by atoms with Gasteiger partial charge in [0.05, 0.1) is 6.20 Å². The quantitative estimate of drug-likeness (QED) is 0.312. The molecule has 0 N–H and O–H groups in total. The van der Waals surface area contributed by atoms with E-state index >= 15 is 0 Å². The van der Waals surface area contributed by atoms with Gasteiger partial charge >= 0.3 is 5.97 Å². The normalized spacial score (nSPS) is 10.3. The third kappa shape index (κ3) is 4.35. The molecule has 3 rings (SSSR count). The Hall–Kier alpha value is -3.34. The molecule has 0 spiro atoms. The van der Waals surface area contributed by atoms with Crippen LogP contribution in [0.15, 0.2) is 73.2 Å². The third-order valence-corrected chi connectivity index (χ3v) is 3.59. The Morgan fingerprint density at radius 3 is 2.64 bits per heavy atom. The molecule has 0 aliphatic heterocycles. The van der Waals surface area contributed by atoms with Crippen molar-refractivity contribution in [1.82, 2.24) is 4.98 Å². The van der Waals surface area contributed by atoms with E-state index in [9.17, 15) is 9.59 Å². The molecule has 0 atom stereocenters. The summed E-state index contributed by atoms with van der Waals surface area (Å²) >= 11 is 0. The number of hydrogen-bond donors (Lipinski definition) is 0. The monoisotopic (exact) mass is 333 g/mol. The van der Waals surface area contributed by atoms with Crippen LogP contribution in [0.1, 0.15) is 26.4 Å². The Morgan fingerprint density at radius 1 is 1.08 bits per heavy atom. The van der Waals surface area contributed by atoms with Gasteiger partial charge < -0.3 is 4.74 Å². The highest BCUT2D eigenvalue weighted by atomic mass is 16.5. The van der Waals surface area contributed by atoms with Gasteiger partial charge in [-0.3, -0.25) is 4.79 Å². The molecule has 25 heavy (non-hydrogen) atoms. The van der Waals surface area contributed by atoms with Crippen molar-refractivity contribution in [3.8, 4) is 5.75 Å². The highest BCUT2D eigenvalue weighted by Gasteiger charge is 2.17. The van der Waals surface area contributed by atoms with Gasteiger partial charge in [0.2, 0.25) is 24.2 Å². The van der Waals surface area contributed by atoms with Gasteiger partial charge in [-0.05, 0) is 24.6 Å². The van der Waals surface area contributed by atoms with Crippen molar-refractivity contribution in [2.45, 2.75) is 13.5 Å². The van der Waals surface area contributed by atoms with Crippen molar-refractivity contribution < 1.29 is 18.9 Å². The molecule has 0 aliphatic carbocycles. The summed E-state index contributed by atoms with van der Waals surface area (Å²) in [6.07, 6.45) is 4.63. The first-order valence-electron chi connectivity index (χ1n) is 7.84. The van der Waals surface area contributed by atoms with E-state index in [1.165, 1.54) is 12.4 Å². The molecule has 0 saturated heterocycles. The lowest BCUT2D eigenvalue weighted by atomic mass is 10.1. The zero-order valence-corrected chi connectivity index (χ0v) is 13.8. The lowest BCUT2D eigenvalue weighted by Gasteiger charge is -2.04. The smallest absolute Gasteiger partial charge is 0.368 e. The molecule has 0 fully saturated rings. The lowest BCUT2D eigenvalue weighted by Crippen LogP contribution is -2.38. The zero-order valence-electron chi connectivity index (χ0n) is 13.8. The number of esters is 1. The topological polar surface area (TPSA) is 60.1 Å². The number of Topliss-reactive ketones (excluding diaryl/α,β-unsaturated/α-hetero) is 1. The Bertz CT molecular complexity index is 908. The van der Waals surface area contributed by atoms with Crippen molar-refractivity contribution in [2.75, 3.05) is 0 Å². The summed E-state index contributed by atoms with van der Waals surface area (Å²) in [7, 11) is 0. The van der Waals surface area contributed by atoms with Crippen LogP contribution < -0.4 is 9.30 Å². The van der Waals surface area contributed by atoms with Crippen LogP contribution in [0.5, 0.6) is 5.75 Å². The van der Waals surface area contributed by atoms with Crippen LogP contribution in [-0.4, -0.2) is 16.7 Å². The molecule has 0 bridgehead atoms. The number of aryl methyl sites for hydroxylation is 1. The maximum atomic E-state index is 12.3. The molecule has 0 unspecified atom stereocenters. The third-order valence-electron chi connectivity index (χ3n) is 3.59. The number of nitrogens with zero attached hydrogens (tertiary/aromatic N) is 2. The summed E-state index contributed by atoms with van der Waals surface area (Å²) < 4.78 is 6.95. The molecular formula is C20H17N2O3+. The molecule has 2 aromatic carbocycles. The van der Waals surface area contributed by atoms with E-state index in [1.54, 1.807) is 35.0 Å². The van der Waals surface area contributed by atoms with Crippen molar-refractivity contribution in [3.05, 3.63) is 90.0 Å². The van der Waals surface area contributed by atoms with Gasteiger partial charge in [0.25, 0.3) is 0 Å². The lowest BCUT2D eigenvalue weighted by molar-refractivity contribution is -0.683. The minimum Gasteiger partial charge on any atom is -0.422 e. The van der Waals surface area contributed by atoms with E-state index in [0.717, 1.165) is 5.56 Å². The molecule has 5 nitrogen and oxygen atoms in total. The molecule has 1 aromatic heterocycles. The highest BCUT2D eigenvalue weighted by Crippen LogP contribution is 2.13. The first-order valence-corrected chi connectivity index (χ1v) is 7.84. The summed E-state index contributed by atoms with van der Waals surface area (Å²) in [6, 6.07) is 16.2. The van der Waals surface area contributed by atoms with Crippen molar-refractivity contribution in [2.24, 2.45) is 0 Å². The Kier molecular flexibility index (Phi) is 4.95. The minimum atomic E-state index is -0.563. The van der Waals surface area contributed by atoms with Gasteiger partial charge in [0.1, 0.15) is 5.75 Å². The molecule has 0 radical (unpaired) electrons. The highest BCUT2D eigenvalue weighted by molar-refractivity contribution is 5.95. The Balaban J connectivity index is 1.72. The predicted octanol–water partition coefficient (Wildman–Crippen LogP) is 2.78. The van der Waals surface area contributed by atoms with Crippen LogP contribution >= 0.6 is 0 Å². The van der Waals surface area contributed by atoms with Gasteiger partial charge in [0.15, 0.2) is 6.20 Å². The number of aromatic nitrogens is 2. The van der Waals surface area contributed by atoms with Gasteiger partial charge in [0, 0.05) is 5.56 Å². The standard InChI is InChI=1S/C20H17N2O3/c1-15-6-5-9-17(12-15)25-20(24)18-13-22(11-10-21-18)14-19(23)16-7-3-2-4-8-16/h2-13H,14H2,1H3/q+1. The second-order valence-corrected chi connectivity index (χ2v) is 5.61. The maximum Gasteiger partial charge on any atom is 0.368 e. The average molecular weight is 333 g/mol. The molecule has 124 valence electrons. The van der Waals surface area contributed by atoms with Crippen LogP contribution in [0.25, 0.3) is 0 Å². The molecular weight excluding hydrogens is 316 g/mol. The number of rotatable bonds is 5. The predicted molar refractivity (Wildman–Crippen MR) is 91.3 cm³/mol. The summed E-state index contributed by atoms with van der Waals surface area (Å²) in [5.74, 6) is -0.149. The summed E-state index contributed by atoms with van der Waals surface area (Å²) in [5.41, 5.74) is 1.76. The fourth-order valence-corrected chi connectivity index (χ4v) is 2.36. The van der Waals surface area contributed by atoms with Crippen LogP contribution in [0.2, 0.25) is 0 Å². The van der Waals surface area contributed by atoms with E-state index < -0.39 is 5.97 Å². The minimum absolute atomic E-state index is 0.0465. The van der Waals surface area contributed by atoms with Gasteiger partial charge in [-0.1, -0.05) is 42.5 Å². The van der Waals surface area contributed by atoms with Crippen LogP contribution in [0.4, 0.5) is 0 Å². The molecule has 3 aromatic rings. The first kappa shape index (κ1) is 16.5. The fraction of sp³-hybridized carbons (Fsp3) is 0.100. The average Bonchev–Trinajstić information content (AvgIpc) is 2.62. The summed E-state index contributed by atoms with van der Waals surface area (Å²) in [4.78, 5) is 28.5. The summed E-state index contributed by atoms with van der Waals surface area (Å²) in [6.45, 7) is 2.04. The molecule has 0 saturated carbocycles. The largest absolute Gasteiger partial charge is 0.422 e. The van der Waals surface area contributed by atoms with E-state index in [0.29, 0.717) is 11.3 Å². The fourth-order valence-electron chi connectivity index (χ4n) is 2.36. The van der Waals surface area contributed by atoms with Gasteiger partial charge in [-0.15, -0.1) is 0 Å². The van der Waals surface area contributed by atoms with Crippen molar-refractivity contribution >= 4 is 11.8 Å². The zero-order chi connectivity index (χ0) is 17.6. The summed E-state index contributed by atoms with van der Waals surface area (Å²) in [5, 5.41) is 0. The van der Waals surface area contributed by atoms with Gasteiger partial charge in [-0.2, -0.15) is 4.57 Å². The molecule has 1 heterocycles. The van der Waals surface area contributed by atoms with Crippen LogP contribution in [0.3, 0.4) is 0 Å². The number of hydrogen-bond acceptors (Lipinski definition) is 4. The Labute approximate surface area is 145 Å². The van der Waals surface area contributed by atoms with E-state index in [-0.39, 0.29) is 18.0 Å². The van der Waals surface area contributed by atoms with Gasteiger partial charge in [-0.25, -0.2) is 9.78 Å². The van der Waals surface area contributed by atoms with E-state index in [4.69, 9.17) is 4.74 Å². The second kappa shape index (κ2) is 7.49. The molecule has 0 amide bonds. The number of ketones is 1. The van der Waals surface area contributed by atoms with Crippen LogP contribution in [0, 0.1) is 6.92 Å². The number of ether oxygens (including phenoxy) is 1. The van der Waals surface area contributed by atoms with E-state index in [1.807, 2.05) is 37.3 Å². The van der Waals surface area contributed by atoms with E-state index in [2.05, 4.69) is 4.98 Å². The molecule has 5 heteroatoms. The number of benzene rings is 2. The SMILES string of the molecule is Cc1cccc(OC(=O)c2c[n+](CC(=O)c3ccccc3)ccn2)c1. The van der Waals surface area contributed by atoms with Crippen LogP contribution in [-0.2, 0) is 6.54 Å². The maximum absolute atomic E-state index is 12.3. The number of carbonyl (C=O) groups excluding carboxylic acids is 2. The molecule has 0 aliphatic rings. The van der Waals surface area contributed by atoms with Crippen molar-refractivity contribution in [1.29, 1.82) is 0 Å².